The van der Waals surface area contributed by atoms with E-state index in [-0.39, 0.29) is 0 Å². The third kappa shape index (κ3) is 2.31. The van der Waals surface area contributed by atoms with Crippen LogP contribution in [0.4, 0.5) is 0 Å². The number of benzene rings is 2. The van der Waals surface area contributed by atoms with E-state index >= 15 is 0 Å². The van der Waals surface area contributed by atoms with Gasteiger partial charge < -0.3 is 0 Å². The van der Waals surface area contributed by atoms with Crippen LogP contribution in [-0.4, -0.2) is 5.78 Å². The third-order valence-electron chi connectivity index (χ3n) is 5.35. The van der Waals surface area contributed by atoms with Gasteiger partial charge in [0, 0.05) is 11.5 Å². The number of ketones is 1. The summed E-state index contributed by atoms with van der Waals surface area (Å²) >= 11 is 0. The van der Waals surface area contributed by atoms with E-state index in [1.54, 1.807) is 0 Å². The molecule has 0 radical (unpaired) electrons. The molecule has 1 nitrogen and oxygen atoms in total. The van der Waals surface area contributed by atoms with Gasteiger partial charge in [-0.15, -0.1) is 0 Å². The molecule has 2 saturated carbocycles. The lowest BCUT2D eigenvalue weighted by Crippen LogP contribution is -2.20. The largest absolute Gasteiger partial charge is 0.294 e. The van der Waals surface area contributed by atoms with Gasteiger partial charge in [-0.2, -0.15) is 0 Å². The minimum absolute atomic E-state index is 0.298. The lowest BCUT2D eigenvalue weighted by molar-refractivity contribution is 0.0875. The molecule has 0 heterocycles. The van der Waals surface area contributed by atoms with Gasteiger partial charge in [-0.3, -0.25) is 4.79 Å². The highest BCUT2D eigenvalue weighted by atomic mass is 16.1. The van der Waals surface area contributed by atoms with E-state index in [0.717, 1.165) is 17.9 Å². The molecular weight excluding hydrogens is 256 g/mol. The van der Waals surface area contributed by atoms with Crippen LogP contribution in [0.1, 0.15) is 36.0 Å². The monoisotopic (exact) mass is 276 g/mol. The number of rotatable bonds is 3. The molecule has 2 aliphatic carbocycles. The molecule has 21 heavy (non-hydrogen) atoms. The Morgan fingerprint density at radius 2 is 1.52 bits per heavy atom. The van der Waals surface area contributed by atoms with Gasteiger partial charge >= 0.3 is 0 Å². The molecule has 1 heteroatoms. The summed E-state index contributed by atoms with van der Waals surface area (Å²) in [6.07, 6.45) is 5.03. The topological polar surface area (TPSA) is 17.1 Å². The molecule has 0 aromatic heterocycles. The highest BCUT2D eigenvalue weighted by molar-refractivity contribution is 5.98. The van der Waals surface area contributed by atoms with Crippen LogP contribution in [0.5, 0.6) is 0 Å². The summed E-state index contributed by atoms with van der Waals surface area (Å²) in [5.74, 6) is 2.16. The zero-order valence-electron chi connectivity index (χ0n) is 12.2. The average Bonchev–Trinajstić information content (AvgIpc) is 3.18. The van der Waals surface area contributed by atoms with Crippen molar-refractivity contribution in [1.29, 1.82) is 0 Å². The first-order valence-electron chi connectivity index (χ1n) is 8.01. The second-order valence-electron chi connectivity index (χ2n) is 6.59. The van der Waals surface area contributed by atoms with Crippen molar-refractivity contribution in [3.05, 3.63) is 60.2 Å². The number of fused-ring (bicyclic) bond motifs is 2. The second-order valence-corrected chi connectivity index (χ2v) is 6.59. The van der Waals surface area contributed by atoms with Gasteiger partial charge in [-0.1, -0.05) is 61.0 Å². The van der Waals surface area contributed by atoms with Crippen molar-refractivity contribution in [3.8, 4) is 11.1 Å². The summed E-state index contributed by atoms with van der Waals surface area (Å²) in [6.45, 7) is 0. The molecule has 3 atom stereocenters. The van der Waals surface area contributed by atoms with Crippen LogP contribution in [-0.2, 0) is 0 Å². The number of hydrogen-bond acceptors (Lipinski definition) is 1. The summed E-state index contributed by atoms with van der Waals surface area (Å²) in [6, 6.07) is 18.5. The molecule has 106 valence electrons. The standard InChI is InChI=1S/C20H20O/c21-20(19-13-14-6-7-18(19)12-14)17-10-8-16(9-11-17)15-4-2-1-3-5-15/h1-5,8-11,14,18-19H,6-7,12-13H2. The van der Waals surface area contributed by atoms with Crippen LogP contribution in [0.3, 0.4) is 0 Å². The maximum atomic E-state index is 12.7. The van der Waals surface area contributed by atoms with E-state index in [1.165, 1.54) is 30.4 Å². The summed E-state index contributed by atoms with van der Waals surface area (Å²) in [4.78, 5) is 12.7. The smallest absolute Gasteiger partial charge is 0.166 e. The predicted octanol–water partition coefficient (Wildman–Crippen LogP) is 4.97. The Morgan fingerprint density at radius 3 is 2.14 bits per heavy atom. The van der Waals surface area contributed by atoms with Gasteiger partial charge in [0.25, 0.3) is 0 Å². The zero-order chi connectivity index (χ0) is 14.2. The van der Waals surface area contributed by atoms with Gasteiger partial charge in [0.05, 0.1) is 0 Å². The third-order valence-corrected chi connectivity index (χ3v) is 5.35. The fraction of sp³-hybridized carbons (Fsp3) is 0.350. The normalized spacial score (nSPS) is 27.0. The first-order valence-corrected chi connectivity index (χ1v) is 8.01. The van der Waals surface area contributed by atoms with Gasteiger partial charge in [0.2, 0.25) is 0 Å². The molecule has 2 bridgehead atoms. The highest BCUT2D eigenvalue weighted by Gasteiger charge is 2.43. The van der Waals surface area contributed by atoms with Crippen molar-refractivity contribution in [2.75, 3.05) is 0 Å². The quantitative estimate of drug-likeness (QED) is 0.723. The summed E-state index contributed by atoms with van der Waals surface area (Å²) in [5, 5.41) is 0. The molecule has 0 N–H and O–H groups in total. The minimum Gasteiger partial charge on any atom is -0.294 e. The molecule has 3 unspecified atom stereocenters. The molecule has 2 aromatic rings. The lowest BCUT2D eigenvalue weighted by Gasteiger charge is -2.20. The van der Waals surface area contributed by atoms with Crippen LogP contribution in [0.2, 0.25) is 0 Å². The van der Waals surface area contributed by atoms with Crippen LogP contribution in [0.25, 0.3) is 11.1 Å². The first kappa shape index (κ1) is 12.8. The Labute approximate surface area is 126 Å². The van der Waals surface area contributed by atoms with Crippen LogP contribution in [0, 0.1) is 17.8 Å². The molecule has 2 fully saturated rings. The molecular formula is C20H20O. The van der Waals surface area contributed by atoms with E-state index in [0.29, 0.717) is 17.6 Å². The van der Waals surface area contributed by atoms with E-state index in [2.05, 4.69) is 24.3 Å². The van der Waals surface area contributed by atoms with Crippen molar-refractivity contribution in [2.45, 2.75) is 25.7 Å². The Kier molecular flexibility index (Phi) is 3.14. The summed E-state index contributed by atoms with van der Waals surface area (Å²) in [7, 11) is 0. The van der Waals surface area contributed by atoms with Gasteiger partial charge in [0.15, 0.2) is 5.78 Å². The zero-order valence-corrected chi connectivity index (χ0v) is 12.2. The average molecular weight is 276 g/mol. The van der Waals surface area contributed by atoms with Crippen LogP contribution < -0.4 is 0 Å². The Balaban J connectivity index is 1.55. The van der Waals surface area contributed by atoms with Crippen molar-refractivity contribution >= 4 is 5.78 Å². The van der Waals surface area contributed by atoms with E-state index in [9.17, 15) is 4.79 Å². The minimum atomic E-state index is 0.298. The number of Topliss-reactive ketones (excluding diaryl/α,β-unsaturated/α-hetero) is 1. The van der Waals surface area contributed by atoms with Gasteiger partial charge in [-0.25, -0.2) is 0 Å². The van der Waals surface area contributed by atoms with Gasteiger partial charge in [-0.05, 0) is 42.2 Å². The second kappa shape index (κ2) is 5.14. The van der Waals surface area contributed by atoms with Crippen molar-refractivity contribution in [1.82, 2.24) is 0 Å². The summed E-state index contributed by atoms with van der Waals surface area (Å²) in [5.41, 5.74) is 3.28. The number of carbonyl (C=O) groups is 1. The maximum Gasteiger partial charge on any atom is 0.166 e. The molecule has 2 aliphatic rings. The molecule has 0 aliphatic heterocycles. The number of hydrogen-bond donors (Lipinski definition) is 0. The molecule has 0 spiro atoms. The molecule has 4 rings (SSSR count). The summed E-state index contributed by atoms with van der Waals surface area (Å²) < 4.78 is 0. The molecule has 0 saturated heterocycles. The van der Waals surface area contributed by atoms with Crippen LogP contribution >= 0.6 is 0 Å². The SMILES string of the molecule is O=C(c1ccc(-c2ccccc2)cc1)C1CC2CCC1C2. The van der Waals surface area contributed by atoms with E-state index in [1.807, 2.05) is 30.3 Å². The maximum absolute atomic E-state index is 12.7. The Morgan fingerprint density at radius 1 is 0.810 bits per heavy atom. The highest BCUT2D eigenvalue weighted by Crippen LogP contribution is 2.49. The predicted molar refractivity (Wildman–Crippen MR) is 85.1 cm³/mol. The number of carbonyl (C=O) groups excluding carboxylic acids is 1. The first-order chi connectivity index (χ1) is 10.3. The lowest BCUT2D eigenvalue weighted by atomic mass is 9.83. The Bertz CT molecular complexity index is 641. The van der Waals surface area contributed by atoms with E-state index in [4.69, 9.17) is 0 Å². The van der Waals surface area contributed by atoms with E-state index < -0.39 is 0 Å². The van der Waals surface area contributed by atoms with Crippen LogP contribution in [0.15, 0.2) is 54.6 Å². The van der Waals surface area contributed by atoms with Crippen molar-refractivity contribution < 1.29 is 4.79 Å². The molecule has 2 aromatic carbocycles. The Hall–Kier alpha value is -1.89. The van der Waals surface area contributed by atoms with Crippen molar-refractivity contribution in [3.63, 3.8) is 0 Å². The molecule has 0 amide bonds. The van der Waals surface area contributed by atoms with Gasteiger partial charge in [0.1, 0.15) is 0 Å². The van der Waals surface area contributed by atoms with Crippen molar-refractivity contribution in [2.24, 2.45) is 17.8 Å². The fourth-order valence-corrected chi connectivity index (χ4v) is 4.24. The fourth-order valence-electron chi connectivity index (χ4n) is 4.24.